The zero-order chi connectivity index (χ0) is 19.3. The van der Waals surface area contributed by atoms with Gasteiger partial charge < -0.3 is 11.1 Å². The van der Waals surface area contributed by atoms with Crippen LogP contribution in [0.4, 0.5) is 0 Å². The highest BCUT2D eigenvalue weighted by Gasteiger charge is 2.28. The molecule has 0 aliphatic rings. The molecule has 0 aromatic heterocycles. The lowest BCUT2D eigenvalue weighted by Gasteiger charge is -2.31. The van der Waals surface area contributed by atoms with Crippen molar-refractivity contribution in [2.45, 2.75) is 57.9 Å². The van der Waals surface area contributed by atoms with Gasteiger partial charge in [0.25, 0.3) is 5.91 Å². The highest BCUT2D eigenvalue weighted by atomic mass is 35.5. The fourth-order valence-electron chi connectivity index (χ4n) is 2.80. The zero-order valence-corrected chi connectivity index (χ0v) is 18.0. The summed E-state index contributed by atoms with van der Waals surface area (Å²) in [5, 5.41) is 2.98. The molecule has 0 aliphatic carbocycles. The van der Waals surface area contributed by atoms with E-state index in [1.54, 1.807) is 32.9 Å². The van der Waals surface area contributed by atoms with Crippen LogP contribution in [0.2, 0.25) is 0 Å². The first-order valence-corrected chi connectivity index (χ1v) is 10.3. The van der Waals surface area contributed by atoms with E-state index >= 15 is 0 Å². The van der Waals surface area contributed by atoms with Crippen molar-refractivity contribution in [3.8, 4) is 0 Å². The van der Waals surface area contributed by atoms with Gasteiger partial charge in [-0.05, 0) is 37.5 Å². The summed E-state index contributed by atoms with van der Waals surface area (Å²) in [4.78, 5) is 12.8. The number of carbonyl (C=O) groups excluding carboxylic acids is 1. The molecule has 0 saturated heterocycles. The normalized spacial score (nSPS) is 12.0. The molecule has 0 heterocycles. The maximum atomic E-state index is 12.8. The van der Waals surface area contributed by atoms with E-state index in [-0.39, 0.29) is 23.2 Å². The Morgan fingerprint density at radius 2 is 1.69 bits per heavy atom. The van der Waals surface area contributed by atoms with Crippen LogP contribution in [-0.2, 0) is 10.0 Å². The van der Waals surface area contributed by atoms with E-state index in [0.29, 0.717) is 43.6 Å². The molecular formula is C18H32ClN3O3S. The molecule has 8 heteroatoms. The minimum absolute atomic E-state index is 0. The number of carbonyl (C=O) groups is 1. The molecule has 0 saturated carbocycles. The second-order valence-electron chi connectivity index (χ2n) is 6.22. The van der Waals surface area contributed by atoms with Crippen LogP contribution in [0, 0.1) is 6.92 Å². The number of halogens is 1. The van der Waals surface area contributed by atoms with Crippen LogP contribution in [0.1, 0.15) is 56.5 Å². The van der Waals surface area contributed by atoms with Crippen molar-refractivity contribution in [2.75, 3.05) is 19.6 Å². The molecule has 1 aromatic rings. The van der Waals surface area contributed by atoms with Crippen molar-refractivity contribution >= 4 is 28.3 Å². The molecule has 0 aliphatic heterocycles. The number of rotatable bonds is 9. The number of aryl methyl sites for hydroxylation is 1. The summed E-state index contributed by atoms with van der Waals surface area (Å²) < 4.78 is 27.0. The molecule has 1 aromatic carbocycles. The predicted octanol–water partition coefficient (Wildman–Crippen LogP) is 2.69. The molecule has 0 fully saturated rings. The minimum Gasteiger partial charge on any atom is -0.345 e. The maximum absolute atomic E-state index is 12.8. The Hall–Kier alpha value is -1.15. The molecule has 0 atom stereocenters. The molecule has 26 heavy (non-hydrogen) atoms. The Morgan fingerprint density at radius 1 is 1.15 bits per heavy atom. The Kier molecular flexibility index (Phi) is 9.80. The van der Waals surface area contributed by atoms with Gasteiger partial charge in [-0.3, -0.25) is 4.79 Å². The third kappa shape index (κ3) is 5.19. The van der Waals surface area contributed by atoms with Crippen molar-refractivity contribution in [1.29, 1.82) is 0 Å². The summed E-state index contributed by atoms with van der Waals surface area (Å²) in [6.07, 6.45) is 1.42. The van der Waals surface area contributed by atoms with Crippen molar-refractivity contribution in [2.24, 2.45) is 5.73 Å². The maximum Gasteiger partial charge on any atom is 0.251 e. The van der Waals surface area contributed by atoms with Gasteiger partial charge in [0.1, 0.15) is 0 Å². The van der Waals surface area contributed by atoms with Crippen LogP contribution >= 0.6 is 12.4 Å². The highest BCUT2D eigenvalue weighted by Crippen LogP contribution is 2.22. The third-order valence-corrected chi connectivity index (χ3v) is 7.09. The molecular weight excluding hydrogens is 374 g/mol. The average molecular weight is 406 g/mol. The SMILES string of the molecule is CCN(CC)S(=O)(=O)c1cc(C(=O)NC(CC)(CC)CN)ccc1C.Cl. The Balaban J connectivity index is 0.00000625. The highest BCUT2D eigenvalue weighted by molar-refractivity contribution is 7.89. The van der Waals surface area contributed by atoms with Crippen LogP contribution in [0.5, 0.6) is 0 Å². The van der Waals surface area contributed by atoms with Crippen LogP contribution in [0.25, 0.3) is 0 Å². The fourth-order valence-corrected chi connectivity index (χ4v) is 4.51. The first kappa shape index (κ1) is 24.8. The number of amides is 1. The Morgan fingerprint density at radius 3 is 2.12 bits per heavy atom. The van der Waals surface area contributed by atoms with Crippen molar-refractivity contribution in [3.05, 3.63) is 29.3 Å². The molecule has 3 N–H and O–H groups in total. The molecule has 0 spiro atoms. The van der Waals surface area contributed by atoms with E-state index in [0.717, 1.165) is 0 Å². The quantitative estimate of drug-likeness (QED) is 0.660. The van der Waals surface area contributed by atoms with Gasteiger partial charge in [-0.2, -0.15) is 4.31 Å². The van der Waals surface area contributed by atoms with Gasteiger partial charge in [0.2, 0.25) is 10.0 Å². The molecule has 1 amide bonds. The molecule has 0 unspecified atom stereocenters. The van der Waals surface area contributed by atoms with Gasteiger partial charge in [0.05, 0.1) is 10.4 Å². The number of sulfonamides is 1. The number of nitrogens with one attached hydrogen (secondary N) is 1. The van der Waals surface area contributed by atoms with Crippen molar-refractivity contribution < 1.29 is 13.2 Å². The first-order chi connectivity index (χ1) is 11.7. The zero-order valence-electron chi connectivity index (χ0n) is 16.3. The molecule has 150 valence electrons. The monoisotopic (exact) mass is 405 g/mol. The smallest absolute Gasteiger partial charge is 0.251 e. The van der Waals surface area contributed by atoms with E-state index in [1.807, 2.05) is 13.8 Å². The summed E-state index contributed by atoms with van der Waals surface area (Å²) in [5.41, 5.74) is 6.32. The standard InChI is InChI=1S/C18H31N3O3S.ClH/c1-6-18(7-2,13-19)20-17(22)15-11-10-14(5)16(12-15)25(23,24)21(8-3)9-4;/h10-12H,6-9,13,19H2,1-5H3,(H,20,22);1H. The predicted molar refractivity (Wildman–Crippen MR) is 108 cm³/mol. The lowest BCUT2D eigenvalue weighted by molar-refractivity contribution is 0.0895. The number of nitrogens with two attached hydrogens (primary N) is 1. The van der Waals surface area contributed by atoms with E-state index in [4.69, 9.17) is 5.73 Å². The minimum atomic E-state index is -3.62. The van der Waals surface area contributed by atoms with Crippen molar-refractivity contribution in [3.63, 3.8) is 0 Å². The van der Waals surface area contributed by atoms with Gasteiger partial charge in [-0.15, -0.1) is 12.4 Å². The summed E-state index contributed by atoms with van der Waals surface area (Å²) >= 11 is 0. The van der Waals surface area contributed by atoms with Crippen LogP contribution in [0.15, 0.2) is 23.1 Å². The topological polar surface area (TPSA) is 92.5 Å². The summed E-state index contributed by atoms with van der Waals surface area (Å²) in [7, 11) is -3.62. The number of hydrogen-bond acceptors (Lipinski definition) is 4. The van der Waals surface area contributed by atoms with E-state index in [9.17, 15) is 13.2 Å². The Labute approximate surface area is 164 Å². The van der Waals surface area contributed by atoms with E-state index in [2.05, 4.69) is 5.32 Å². The first-order valence-electron chi connectivity index (χ1n) is 8.84. The van der Waals surface area contributed by atoms with Gasteiger partial charge in [0, 0.05) is 25.2 Å². The lowest BCUT2D eigenvalue weighted by Crippen LogP contribution is -2.52. The summed E-state index contributed by atoms with van der Waals surface area (Å²) in [5.74, 6) is -0.301. The lowest BCUT2D eigenvalue weighted by atomic mass is 9.92. The average Bonchev–Trinajstić information content (AvgIpc) is 2.60. The Bertz CT molecular complexity index is 691. The second-order valence-corrected chi connectivity index (χ2v) is 8.12. The van der Waals surface area contributed by atoms with E-state index < -0.39 is 15.6 Å². The largest absolute Gasteiger partial charge is 0.345 e. The number of hydrogen-bond donors (Lipinski definition) is 2. The van der Waals surface area contributed by atoms with Gasteiger partial charge in [-0.25, -0.2) is 8.42 Å². The van der Waals surface area contributed by atoms with Gasteiger partial charge in [-0.1, -0.05) is 33.8 Å². The van der Waals surface area contributed by atoms with Gasteiger partial charge >= 0.3 is 0 Å². The van der Waals surface area contributed by atoms with E-state index in [1.165, 1.54) is 10.4 Å². The van der Waals surface area contributed by atoms with Crippen molar-refractivity contribution in [1.82, 2.24) is 9.62 Å². The molecule has 1 rings (SSSR count). The van der Waals surface area contributed by atoms with Crippen LogP contribution in [-0.4, -0.2) is 43.8 Å². The molecule has 0 radical (unpaired) electrons. The third-order valence-electron chi connectivity index (χ3n) is 4.90. The number of benzene rings is 1. The number of nitrogens with zero attached hydrogens (tertiary/aromatic N) is 1. The fraction of sp³-hybridized carbons (Fsp3) is 0.611. The summed E-state index contributed by atoms with van der Waals surface area (Å²) in [6.45, 7) is 10.4. The molecule has 6 nitrogen and oxygen atoms in total. The second kappa shape index (κ2) is 10.3. The van der Waals surface area contributed by atoms with Crippen LogP contribution in [0.3, 0.4) is 0 Å². The molecule has 0 bridgehead atoms. The van der Waals surface area contributed by atoms with Crippen LogP contribution < -0.4 is 11.1 Å². The summed E-state index contributed by atoms with van der Waals surface area (Å²) in [6, 6.07) is 4.79. The van der Waals surface area contributed by atoms with Gasteiger partial charge in [0.15, 0.2) is 0 Å².